The SMILES string of the molecule is COC(=O)COc1ccc(CC(C)NCC(OCCO)c2cc3ccccc3o2)cc1. The van der Waals surface area contributed by atoms with Crippen LogP contribution in [0.1, 0.15) is 24.4 Å². The molecule has 7 nitrogen and oxygen atoms in total. The van der Waals surface area contributed by atoms with Crippen LogP contribution in [0.4, 0.5) is 0 Å². The van der Waals surface area contributed by atoms with Crippen molar-refractivity contribution in [1.82, 2.24) is 5.32 Å². The van der Waals surface area contributed by atoms with Crippen LogP contribution in [0.5, 0.6) is 5.75 Å². The van der Waals surface area contributed by atoms with Gasteiger partial charge in [-0.05, 0) is 43.2 Å². The molecule has 0 spiro atoms. The van der Waals surface area contributed by atoms with Gasteiger partial charge < -0.3 is 29.1 Å². The highest BCUT2D eigenvalue weighted by Crippen LogP contribution is 2.26. The molecule has 0 aliphatic heterocycles. The van der Waals surface area contributed by atoms with Crippen LogP contribution < -0.4 is 10.1 Å². The van der Waals surface area contributed by atoms with Gasteiger partial charge in [0.15, 0.2) is 6.61 Å². The van der Waals surface area contributed by atoms with Crippen molar-refractivity contribution < 1.29 is 28.5 Å². The summed E-state index contributed by atoms with van der Waals surface area (Å²) in [5, 5.41) is 13.7. The second-order valence-corrected chi connectivity index (χ2v) is 7.29. The van der Waals surface area contributed by atoms with E-state index in [1.54, 1.807) is 0 Å². The summed E-state index contributed by atoms with van der Waals surface area (Å²) >= 11 is 0. The highest BCUT2D eigenvalue weighted by molar-refractivity contribution is 5.77. The monoisotopic (exact) mass is 427 g/mol. The van der Waals surface area contributed by atoms with E-state index >= 15 is 0 Å². The predicted octanol–water partition coefficient (Wildman–Crippen LogP) is 3.26. The molecule has 3 rings (SSSR count). The van der Waals surface area contributed by atoms with Crippen molar-refractivity contribution >= 4 is 16.9 Å². The van der Waals surface area contributed by atoms with Crippen LogP contribution in [0.2, 0.25) is 0 Å². The second kappa shape index (κ2) is 11.5. The fourth-order valence-electron chi connectivity index (χ4n) is 3.25. The van der Waals surface area contributed by atoms with E-state index in [9.17, 15) is 4.79 Å². The number of hydrogen-bond acceptors (Lipinski definition) is 7. The van der Waals surface area contributed by atoms with Crippen LogP contribution in [0.3, 0.4) is 0 Å². The average molecular weight is 427 g/mol. The first-order chi connectivity index (χ1) is 15.1. The first-order valence-electron chi connectivity index (χ1n) is 10.3. The van der Waals surface area contributed by atoms with E-state index < -0.39 is 5.97 Å². The molecule has 0 bridgehead atoms. The minimum Gasteiger partial charge on any atom is -0.482 e. The average Bonchev–Trinajstić information content (AvgIpc) is 3.22. The number of ether oxygens (including phenoxy) is 3. The van der Waals surface area contributed by atoms with E-state index in [4.69, 9.17) is 19.0 Å². The Labute approximate surface area is 181 Å². The third kappa shape index (κ3) is 6.82. The van der Waals surface area contributed by atoms with Gasteiger partial charge in [-0.15, -0.1) is 0 Å². The van der Waals surface area contributed by atoms with Crippen LogP contribution in [0.15, 0.2) is 59.0 Å². The molecular formula is C24H29NO6. The molecule has 7 heteroatoms. The molecule has 2 N–H and O–H groups in total. The fourth-order valence-corrected chi connectivity index (χ4v) is 3.25. The lowest BCUT2D eigenvalue weighted by molar-refractivity contribution is -0.142. The lowest BCUT2D eigenvalue weighted by atomic mass is 10.1. The molecule has 2 atom stereocenters. The summed E-state index contributed by atoms with van der Waals surface area (Å²) in [6, 6.07) is 17.6. The van der Waals surface area contributed by atoms with Crippen LogP contribution in [-0.4, -0.2) is 50.6 Å². The zero-order valence-corrected chi connectivity index (χ0v) is 17.9. The number of fused-ring (bicyclic) bond motifs is 1. The number of carbonyl (C=O) groups excluding carboxylic acids is 1. The van der Waals surface area contributed by atoms with Crippen molar-refractivity contribution in [1.29, 1.82) is 0 Å². The maximum atomic E-state index is 11.2. The number of furan rings is 1. The van der Waals surface area contributed by atoms with Crippen LogP contribution >= 0.6 is 0 Å². The van der Waals surface area contributed by atoms with Crippen molar-refractivity contribution in [2.45, 2.75) is 25.5 Å². The van der Waals surface area contributed by atoms with Crippen LogP contribution in [0.25, 0.3) is 11.0 Å². The van der Waals surface area contributed by atoms with Gasteiger partial charge >= 0.3 is 5.97 Å². The van der Waals surface area contributed by atoms with Crippen molar-refractivity contribution in [3.8, 4) is 5.75 Å². The minimum absolute atomic E-state index is 0.0450. The van der Waals surface area contributed by atoms with Crippen molar-refractivity contribution in [2.24, 2.45) is 0 Å². The van der Waals surface area contributed by atoms with Crippen molar-refractivity contribution in [2.75, 3.05) is 33.5 Å². The van der Waals surface area contributed by atoms with Crippen molar-refractivity contribution in [3.63, 3.8) is 0 Å². The number of aliphatic hydroxyl groups is 1. The molecule has 0 radical (unpaired) electrons. The van der Waals surface area contributed by atoms with Gasteiger partial charge in [-0.2, -0.15) is 0 Å². The predicted molar refractivity (Wildman–Crippen MR) is 117 cm³/mol. The molecule has 166 valence electrons. The summed E-state index contributed by atoms with van der Waals surface area (Å²) in [4.78, 5) is 11.2. The number of benzene rings is 2. The Morgan fingerprint density at radius 2 is 1.94 bits per heavy atom. The smallest absolute Gasteiger partial charge is 0.343 e. The summed E-state index contributed by atoms with van der Waals surface area (Å²) < 4.78 is 21.7. The Morgan fingerprint density at radius 3 is 2.65 bits per heavy atom. The van der Waals surface area contributed by atoms with E-state index in [0.717, 1.165) is 28.7 Å². The van der Waals surface area contributed by atoms with Crippen molar-refractivity contribution in [3.05, 3.63) is 65.9 Å². The van der Waals surface area contributed by atoms with E-state index in [2.05, 4.69) is 17.0 Å². The summed E-state index contributed by atoms with van der Waals surface area (Å²) in [5.41, 5.74) is 1.96. The maximum absolute atomic E-state index is 11.2. The molecule has 0 amide bonds. The zero-order valence-electron chi connectivity index (χ0n) is 17.9. The highest BCUT2D eigenvalue weighted by Gasteiger charge is 2.18. The van der Waals surface area contributed by atoms with Gasteiger partial charge in [0, 0.05) is 18.0 Å². The molecule has 2 aromatic carbocycles. The summed E-state index contributed by atoms with van der Waals surface area (Å²) in [6.45, 7) is 2.75. The van der Waals surface area contributed by atoms with E-state index in [0.29, 0.717) is 12.3 Å². The van der Waals surface area contributed by atoms with Gasteiger partial charge in [0.1, 0.15) is 23.2 Å². The third-order valence-corrected chi connectivity index (χ3v) is 4.87. The molecule has 0 fully saturated rings. The largest absolute Gasteiger partial charge is 0.482 e. The number of nitrogens with one attached hydrogen (secondary N) is 1. The maximum Gasteiger partial charge on any atom is 0.343 e. The van der Waals surface area contributed by atoms with E-state index in [1.807, 2.05) is 54.6 Å². The van der Waals surface area contributed by atoms with Gasteiger partial charge in [-0.3, -0.25) is 0 Å². The molecule has 0 aliphatic rings. The lowest BCUT2D eigenvalue weighted by Crippen LogP contribution is -2.33. The molecular weight excluding hydrogens is 398 g/mol. The van der Waals surface area contributed by atoms with Crippen LogP contribution in [-0.2, 0) is 20.7 Å². The highest BCUT2D eigenvalue weighted by atomic mass is 16.6. The number of hydrogen-bond donors (Lipinski definition) is 2. The first kappa shape index (κ1) is 22.8. The Morgan fingerprint density at radius 1 is 1.16 bits per heavy atom. The zero-order chi connectivity index (χ0) is 22.1. The fraction of sp³-hybridized carbons (Fsp3) is 0.375. The number of carbonyl (C=O) groups is 1. The summed E-state index contributed by atoms with van der Waals surface area (Å²) in [5.74, 6) is 0.947. The van der Waals surface area contributed by atoms with E-state index in [-0.39, 0.29) is 32.0 Å². The molecule has 0 aliphatic carbocycles. The van der Waals surface area contributed by atoms with Gasteiger partial charge in [-0.25, -0.2) is 4.79 Å². The van der Waals surface area contributed by atoms with Gasteiger partial charge in [0.05, 0.1) is 20.3 Å². The molecule has 1 heterocycles. The van der Waals surface area contributed by atoms with Crippen LogP contribution in [0, 0.1) is 0 Å². The summed E-state index contributed by atoms with van der Waals surface area (Å²) in [7, 11) is 1.33. The molecule has 0 saturated heterocycles. The molecule has 1 aromatic heterocycles. The Hall–Kier alpha value is -2.87. The number of para-hydroxylation sites is 1. The molecule has 2 unspecified atom stereocenters. The van der Waals surface area contributed by atoms with Gasteiger partial charge in [0.25, 0.3) is 0 Å². The number of methoxy groups -OCH3 is 1. The lowest BCUT2D eigenvalue weighted by Gasteiger charge is -2.20. The van der Waals surface area contributed by atoms with E-state index in [1.165, 1.54) is 7.11 Å². The standard InChI is InChI=1S/C24H29NO6/c1-17(13-18-7-9-20(10-8-18)30-16-24(27)28-2)25-15-23(29-12-11-26)22-14-19-5-3-4-6-21(19)31-22/h3-10,14,17,23,25-26H,11-13,15-16H2,1-2H3. The summed E-state index contributed by atoms with van der Waals surface area (Å²) in [6.07, 6.45) is 0.514. The molecule has 0 saturated carbocycles. The molecule has 31 heavy (non-hydrogen) atoms. The number of rotatable bonds is 12. The topological polar surface area (TPSA) is 90.2 Å². The quantitative estimate of drug-likeness (QED) is 0.429. The minimum atomic E-state index is -0.413. The van der Waals surface area contributed by atoms with Gasteiger partial charge in [0.2, 0.25) is 0 Å². The Kier molecular flexibility index (Phi) is 8.46. The number of aliphatic hydroxyl groups excluding tert-OH is 1. The number of esters is 1. The third-order valence-electron chi connectivity index (χ3n) is 4.87. The first-order valence-corrected chi connectivity index (χ1v) is 10.3. The normalized spacial score (nSPS) is 13.1. The van der Waals surface area contributed by atoms with Gasteiger partial charge in [-0.1, -0.05) is 30.3 Å². The Bertz CT molecular complexity index is 919. The Balaban J connectivity index is 1.54. The second-order valence-electron chi connectivity index (χ2n) is 7.29. The molecule has 3 aromatic rings.